The predicted octanol–water partition coefficient (Wildman–Crippen LogP) is 1.91. The smallest absolute Gasteiger partial charge is 0.329 e. The molecule has 94 valence electrons. The van der Waals surface area contributed by atoms with Crippen molar-refractivity contribution in [3.8, 4) is 0 Å². The lowest BCUT2D eigenvalue weighted by Gasteiger charge is -2.13. The third kappa shape index (κ3) is 4.54. The number of benzene rings is 1. The maximum Gasteiger partial charge on any atom is 0.329 e. The molecule has 17 heavy (non-hydrogen) atoms. The second-order valence-electron chi connectivity index (χ2n) is 4.34. The van der Waals surface area contributed by atoms with Crippen molar-refractivity contribution in [2.24, 2.45) is 5.73 Å². The van der Waals surface area contributed by atoms with Gasteiger partial charge in [-0.3, -0.25) is 0 Å². The topological polar surface area (TPSA) is 72.5 Å². The average Bonchev–Trinajstić information content (AvgIpc) is 2.28. The van der Waals surface area contributed by atoms with Gasteiger partial charge in [0, 0.05) is 0 Å². The minimum Gasteiger partial charge on any atom is -0.480 e. The second-order valence-corrected chi connectivity index (χ2v) is 4.34. The molecule has 0 aliphatic heterocycles. The summed E-state index contributed by atoms with van der Waals surface area (Å²) in [6.07, 6.45) is 0. The van der Waals surface area contributed by atoms with Crippen LogP contribution in [-0.4, -0.2) is 24.3 Å². The maximum absolute atomic E-state index is 10.3. The van der Waals surface area contributed by atoms with Gasteiger partial charge in [0.2, 0.25) is 0 Å². The van der Waals surface area contributed by atoms with Crippen LogP contribution in [0.1, 0.15) is 36.9 Å². The SMILES string of the molecule is CC(C)c1ccc(C(N)COCC(=O)O)cc1. The molecule has 4 nitrogen and oxygen atoms in total. The van der Waals surface area contributed by atoms with Crippen LogP contribution >= 0.6 is 0 Å². The fraction of sp³-hybridized carbons (Fsp3) is 0.462. The molecule has 0 aromatic heterocycles. The van der Waals surface area contributed by atoms with Gasteiger partial charge in [0.1, 0.15) is 6.61 Å². The minimum absolute atomic E-state index is 0.216. The van der Waals surface area contributed by atoms with Gasteiger partial charge in [-0.15, -0.1) is 0 Å². The number of hydrogen-bond donors (Lipinski definition) is 2. The van der Waals surface area contributed by atoms with E-state index in [9.17, 15) is 4.79 Å². The van der Waals surface area contributed by atoms with Crippen molar-refractivity contribution in [2.45, 2.75) is 25.8 Å². The Morgan fingerprint density at radius 3 is 2.29 bits per heavy atom. The number of carboxylic acid groups (broad SMARTS) is 1. The molecule has 4 heteroatoms. The van der Waals surface area contributed by atoms with Gasteiger partial charge in [-0.05, 0) is 17.0 Å². The Labute approximate surface area is 101 Å². The van der Waals surface area contributed by atoms with Gasteiger partial charge >= 0.3 is 5.97 Å². The van der Waals surface area contributed by atoms with Crippen LogP contribution in [0.5, 0.6) is 0 Å². The van der Waals surface area contributed by atoms with Gasteiger partial charge in [0.25, 0.3) is 0 Å². The molecule has 1 aromatic carbocycles. The largest absolute Gasteiger partial charge is 0.480 e. The normalized spacial score (nSPS) is 12.7. The van der Waals surface area contributed by atoms with E-state index in [-0.39, 0.29) is 19.3 Å². The third-order valence-corrected chi connectivity index (χ3v) is 2.55. The van der Waals surface area contributed by atoms with E-state index in [0.717, 1.165) is 5.56 Å². The van der Waals surface area contributed by atoms with E-state index in [0.29, 0.717) is 5.92 Å². The first-order valence-corrected chi connectivity index (χ1v) is 5.65. The molecule has 1 rings (SSSR count). The molecule has 0 aliphatic rings. The Morgan fingerprint density at radius 2 is 1.82 bits per heavy atom. The van der Waals surface area contributed by atoms with Gasteiger partial charge < -0.3 is 15.6 Å². The summed E-state index contributed by atoms with van der Waals surface area (Å²) < 4.78 is 4.96. The molecule has 0 saturated carbocycles. The molecule has 0 radical (unpaired) electrons. The molecule has 1 aromatic rings. The predicted molar refractivity (Wildman–Crippen MR) is 65.9 cm³/mol. The van der Waals surface area contributed by atoms with Crippen LogP contribution in [0.2, 0.25) is 0 Å². The van der Waals surface area contributed by atoms with Crippen molar-refractivity contribution in [3.05, 3.63) is 35.4 Å². The summed E-state index contributed by atoms with van der Waals surface area (Å²) in [6.45, 7) is 4.17. The number of hydrogen-bond acceptors (Lipinski definition) is 3. The average molecular weight is 237 g/mol. The zero-order valence-corrected chi connectivity index (χ0v) is 10.2. The molecule has 0 bridgehead atoms. The first-order chi connectivity index (χ1) is 8.00. The van der Waals surface area contributed by atoms with Crippen LogP contribution in [0.25, 0.3) is 0 Å². The van der Waals surface area contributed by atoms with E-state index in [1.165, 1.54) is 5.56 Å². The highest BCUT2D eigenvalue weighted by molar-refractivity contribution is 5.67. The summed E-state index contributed by atoms with van der Waals surface area (Å²) in [4.78, 5) is 10.3. The summed E-state index contributed by atoms with van der Waals surface area (Å²) >= 11 is 0. The third-order valence-electron chi connectivity index (χ3n) is 2.55. The van der Waals surface area contributed by atoms with Gasteiger partial charge in [-0.25, -0.2) is 4.79 Å². The molecular formula is C13H19NO3. The summed E-state index contributed by atoms with van der Waals surface area (Å²) in [5.41, 5.74) is 8.10. The van der Waals surface area contributed by atoms with Crippen LogP contribution < -0.4 is 5.73 Å². The summed E-state index contributed by atoms with van der Waals surface area (Å²) in [5.74, 6) is -0.490. The van der Waals surface area contributed by atoms with E-state index >= 15 is 0 Å². The monoisotopic (exact) mass is 237 g/mol. The molecule has 1 atom stereocenters. The Balaban J connectivity index is 2.51. The summed E-state index contributed by atoms with van der Waals surface area (Å²) in [7, 11) is 0. The molecule has 0 aliphatic carbocycles. The van der Waals surface area contributed by atoms with Gasteiger partial charge in [-0.1, -0.05) is 38.1 Å². The minimum atomic E-state index is -0.979. The molecular weight excluding hydrogens is 218 g/mol. The van der Waals surface area contributed by atoms with Crippen molar-refractivity contribution in [3.63, 3.8) is 0 Å². The summed E-state index contributed by atoms with van der Waals surface area (Å²) in [5, 5.41) is 8.43. The number of nitrogens with two attached hydrogens (primary N) is 1. The molecule has 0 amide bonds. The number of aliphatic carboxylic acids is 1. The van der Waals surface area contributed by atoms with E-state index in [2.05, 4.69) is 13.8 Å². The van der Waals surface area contributed by atoms with E-state index < -0.39 is 5.97 Å². The summed E-state index contributed by atoms with van der Waals surface area (Å²) in [6, 6.07) is 7.72. The standard InChI is InChI=1S/C13H19NO3/c1-9(2)10-3-5-11(6-4-10)12(14)7-17-8-13(15)16/h3-6,9,12H,7-8,14H2,1-2H3,(H,15,16). The van der Waals surface area contributed by atoms with Crippen LogP contribution in [0.3, 0.4) is 0 Å². The zero-order chi connectivity index (χ0) is 12.8. The quantitative estimate of drug-likeness (QED) is 0.792. The van der Waals surface area contributed by atoms with Crippen molar-refractivity contribution >= 4 is 5.97 Å². The molecule has 0 saturated heterocycles. The number of carboxylic acids is 1. The second kappa shape index (κ2) is 6.37. The van der Waals surface area contributed by atoms with E-state index in [4.69, 9.17) is 15.6 Å². The van der Waals surface area contributed by atoms with Crippen LogP contribution in [0.4, 0.5) is 0 Å². The van der Waals surface area contributed by atoms with E-state index in [1.54, 1.807) is 0 Å². The highest BCUT2D eigenvalue weighted by atomic mass is 16.5. The molecule has 0 heterocycles. The Bertz CT molecular complexity index is 359. The van der Waals surface area contributed by atoms with Crippen molar-refractivity contribution in [2.75, 3.05) is 13.2 Å². The first kappa shape index (κ1) is 13.7. The van der Waals surface area contributed by atoms with E-state index in [1.807, 2.05) is 24.3 Å². The van der Waals surface area contributed by atoms with Crippen molar-refractivity contribution < 1.29 is 14.6 Å². The lowest BCUT2D eigenvalue weighted by molar-refractivity contribution is -0.142. The van der Waals surface area contributed by atoms with Crippen LogP contribution in [-0.2, 0) is 9.53 Å². The molecule has 0 spiro atoms. The lowest BCUT2D eigenvalue weighted by atomic mass is 10.00. The fourth-order valence-electron chi connectivity index (χ4n) is 1.50. The Morgan fingerprint density at radius 1 is 1.29 bits per heavy atom. The van der Waals surface area contributed by atoms with Crippen molar-refractivity contribution in [1.29, 1.82) is 0 Å². The number of rotatable bonds is 6. The maximum atomic E-state index is 10.3. The van der Waals surface area contributed by atoms with Gasteiger partial charge in [0.15, 0.2) is 0 Å². The number of ether oxygens (including phenoxy) is 1. The molecule has 3 N–H and O–H groups in total. The number of carbonyl (C=O) groups is 1. The molecule has 0 fully saturated rings. The molecule has 1 unspecified atom stereocenters. The van der Waals surface area contributed by atoms with Gasteiger partial charge in [0.05, 0.1) is 12.6 Å². The highest BCUT2D eigenvalue weighted by Gasteiger charge is 2.08. The highest BCUT2D eigenvalue weighted by Crippen LogP contribution is 2.17. The Kier molecular flexibility index (Phi) is 5.12. The van der Waals surface area contributed by atoms with Gasteiger partial charge in [-0.2, -0.15) is 0 Å². The van der Waals surface area contributed by atoms with Crippen LogP contribution in [0, 0.1) is 0 Å². The zero-order valence-electron chi connectivity index (χ0n) is 10.2. The van der Waals surface area contributed by atoms with Crippen LogP contribution in [0.15, 0.2) is 24.3 Å². The van der Waals surface area contributed by atoms with Crippen molar-refractivity contribution in [1.82, 2.24) is 0 Å². The first-order valence-electron chi connectivity index (χ1n) is 5.65. The fourth-order valence-corrected chi connectivity index (χ4v) is 1.50. The Hall–Kier alpha value is -1.39. The lowest BCUT2D eigenvalue weighted by Crippen LogP contribution is -2.19.